The number of para-hydroxylation sites is 1. The van der Waals surface area contributed by atoms with Crippen LogP contribution in [-0.2, 0) is 0 Å². The topological polar surface area (TPSA) is 101 Å². The zero-order valence-electron chi connectivity index (χ0n) is 9.57. The summed E-state index contributed by atoms with van der Waals surface area (Å²) in [5, 5.41) is 13.7. The number of hydrogen-bond acceptors (Lipinski definition) is 5. The first kappa shape index (κ1) is 11.1. The zero-order chi connectivity index (χ0) is 13.4. The minimum atomic E-state index is -0.550. The van der Waals surface area contributed by atoms with Gasteiger partial charge in [0.05, 0.1) is 18.1 Å². The Morgan fingerprint density at radius 1 is 1.32 bits per heavy atom. The van der Waals surface area contributed by atoms with Crippen LogP contribution in [-0.4, -0.2) is 30.8 Å². The van der Waals surface area contributed by atoms with Gasteiger partial charge in [0, 0.05) is 0 Å². The van der Waals surface area contributed by atoms with Crippen molar-refractivity contribution >= 4 is 16.9 Å². The van der Waals surface area contributed by atoms with E-state index in [1.54, 1.807) is 12.1 Å². The van der Waals surface area contributed by atoms with E-state index in [0.29, 0.717) is 0 Å². The summed E-state index contributed by atoms with van der Waals surface area (Å²) in [6, 6.07) is 6.10. The average molecular weight is 256 g/mol. The lowest BCUT2D eigenvalue weighted by Gasteiger charge is -2.03. The molecule has 0 amide bonds. The first-order valence-corrected chi connectivity index (χ1v) is 5.42. The summed E-state index contributed by atoms with van der Waals surface area (Å²) in [4.78, 5) is 30.1. The van der Waals surface area contributed by atoms with Gasteiger partial charge in [0.2, 0.25) is 0 Å². The van der Waals surface area contributed by atoms with Gasteiger partial charge in [-0.1, -0.05) is 12.1 Å². The third kappa shape index (κ3) is 1.68. The monoisotopic (exact) mass is 256 g/mol. The maximum Gasteiger partial charge on any atom is 0.283 e. The maximum absolute atomic E-state index is 12.2. The molecule has 0 saturated heterocycles. The molecule has 0 radical (unpaired) electrons. The molecule has 0 fully saturated rings. The molecule has 94 valence electrons. The molecule has 0 unspecified atom stereocenters. The van der Waals surface area contributed by atoms with Crippen LogP contribution >= 0.6 is 0 Å². The second-order valence-corrected chi connectivity index (χ2v) is 3.85. The Hall–Kier alpha value is -2.96. The Labute approximate surface area is 106 Å². The number of nitrogens with zero attached hydrogens (tertiary/aromatic N) is 3. The molecule has 7 heteroatoms. The van der Waals surface area contributed by atoms with Gasteiger partial charge in [-0.25, -0.2) is 4.98 Å². The number of H-pyrrole nitrogens is 1. The molecule has 0 aliphatic carbocycles. The van der Waals surface area contributed by atoms with Gasteiger partial charge < -0.3 is 10.1 Å². The first-order valence-electron chi connectivity index (χ1n) is 5.42. The number of aromatic amines is 1. The fourth-order valence-corrected chi connectivity index (χ4v) is 1.77. The number of aromatic hydroxyl groups is 1. The summed E-state index contributed by atoms with van der Waals surface area (Å²) in [6.07, 6.45) is 2.46. The van der Waals surface area contributed by atoms with E-state index in [1.807, 2.05) is 0 Å². The Bertz CT molecular complexity index is 834. The van der Waals surface area contributed by atoms with Crippen molar-refractivity contribution in [2.24, 2.45) is 0 Å². The van der Waals surface area contributed by atoms with Crippen LogP contribution in [0.5, 0.6) is 5.75 Å². The Kier molecular flexibility index (Phi) is 2.38. The Morgan fingerprint density at radius 3 is 2.89 bits per heavy atom. The molecular formula is C12H8N4O3. The van der Waals surface area contributed by atoms with Crippen molar-refractivity contribution < 1.29 is 9.90 Å². The van der Waals surface area contributed by atoms with Crippen LogP contribution in [0.4, 0.5) is 0 Å². The van der Waals surface area contributed by atoms with E-state index in [9.17, 15) is 14.7 Å². The van der Waals surface area contributed by atoms with Crippen molar-refractivity contribution in [1.29, 1.82) is 0 Å². The van der Waals surface area contributed by atoms with Crippen molar-refractivity contribution in [3.8, 4) is 5.75 Å². The number of rotatable bonds is 1. The van der Waals surface area contributed by atoms with Crippen molar-refractivity contribution in [2.75, 3.05) is 0 Å². The molecule has 2 aromatic heterocycles. The molecule has 19 heavy (non-hydrogen) atoms. The van der Waals surface area contributed by atoms with E-state index in [0.717, 1.165) is 4.68 Å². The molecule has 0 atom stereocenters. The number of aromatic nitrogens is 4. The summed E-state index contributed by atoms with van der Waals surface area (Å²) in [6.45, 7) is 0. The van der Waals surface area contributed by atoms with E-state index in [2.05, 4.69) is 15.1 Å². The number of phenolic OH excluding ortho intramolecular Hbond substituents is 1. The third-order valence-corrected chi connectivity index (χ3v) is 2.70. The summed E-state index contributed by atoms with van der Waals surface area (Å²) >= 11 is 0. The smallest absolute Gasteiger partial charge is 0.283 e. The molecule has 0 spiro atoms. The molecule has 0 aliphatic rings. The summed E-state index contributed by atoms with van der Waals surface area (Å²) in [5.41, 5.74) is -0.132. The number of phenols is 1. The predicted molar refractivity (Wildman–Crippen MR) is 66.0 cm³/mol. The number of carbonyl (C=O) groups is 1. The van der Waals surface area contributed by atoms with Crippen LogP contribution < -0.4 is 5.56 Å². The highest BCUT2D eigenvalue weighted by atomic mass is 16.3. The fraction of sp³-hybridized carbons (Fsp3) is 0. The minimum absolute atomic E-state index is 0.0922. The van der Waals surface area contributed by atoms with E-state index in [4.69, 9.17) is 0 Å². The molecule has 3 rings (SSSR count). The SMILES string of the molecule is O=C(c1ccccc1O)n1ncc2c(=O)[nH]cnc21. The fourth-order valence-electron chi connectivity index (χ4n) is 1.77. The van der Waals surface area contributed by atoms with Gasteiger partial charge in [-0.2, -0.15) is 9.78 Å². The van der Waals surface area contributed by atoms with Gasteiger partial charge in [-0.3, -0.25) is 9.59 Å². The van der Waals surface area contributed by atoms with Gasteiger partial charge in [-0.15, -0.1) is 0 Å². The summed E-state index contributed by atoms with van der Waals surface area (Å²) in [7, 11) is 0. The van der Waals surface area contributed by atoms with Crippen LogP contribution in [0.25, 0.3) is 11.0 Å². The lowest BCUT2D eigenvalue weighted by Crippen LogP contribution is -2.15. The van der Waals surface area contributed by atoms with Crippen molar-refractivity contribution in [3.05, 3.63) is 52.7 Å². The maximum atomic E-state index is 12.2. The number of hydrogen-bond donors (Lipinski definition) is 2. The number of nitrogens with one attached hydrogen (secondary N) is 1. The van der Waals surface area contributed by atoms with Gasteiger partial charge in [0.1, 0.15) is 11.1 Å². The quantitative estimate of drug-likeness (QED) is 0.660. The van der Waals surface area contributed by atoms with Crippen LogP contribution in [0, 0.1) is 0 Å². The normalized spacial score (nSPS) is 10.7. The summed E-state index contributed by atoms with van der Waals surface area (Å²) in [5.74, 6) is -0.702. The first-order chi connectivity index (χ1) is 9.18. The number of carbonyl (C=O) groups excluding carboxylic acids is 1. The van der Waals surface area contributed by atoms with Crippen molar-refractivity contribution in [2.45, 2.75) is 0 Å². The highest BCUT2D eigenvalue weighted by molar-refractivity contribution is 6.01. The average Bonchev–Trinajstić information content (AvgIpc) is 2.84. The molecule has 2 heterocycles. The molecule has 0 saturated carbocycles. The molecule has 0 aliphatic heterocycles. The van der Waals surface area contributed by atoms with Crippen LogP contribution in [0.1, 0.15) is 10.4 Å². The van der Waals surface area contributed by atoms with E-state index >= 15 is 0 Å². The van der Waals surface area contributed by atoms with E-state index in [1.165, 1.54) is 24.7 Å². The van der Waals surface area contributed by atoms with Gasteiger partial charge in [0.25, 0.3) is 11.5 Å². The molecular weight excluding hydrogens is 248 g/mol. The highest BCUT2D eigenvalue weighted by Gasteiger charge is 2.17. The van der Waals surface area contributed by atoms with E-state index < -0.39 is 5.91 Å². The minimum Gasteiger partial charge on any atom is -0.507 e. The largest absolute Gasteiger partial charge is 0.507 e. The Morgan fingerprint density at radius 2 is 2.11 bits per heavy atom. The zero-order valence-corrected chi connectivity index (χ0v) is 9.57. The number of benzene rings is 1. The van der Waals surface area contributed by atoms with Gasteiger partial charge >= 0.3 is 0 Å². The van der Waals surface area contributed by atoms with Crippen LogP contribution in [0.3, 0.4) is 0 Å². The third-order valence-electron chi connectivity index (χ3n) is 2.70. The standard InChI is InChI=1S/C12H8N4O3/c17-9-4-2-1-3-7(9)12(19)16-10-8(5-15-16)11(18)14-6-13-10/h1-6,17H,(H,13,14,18). The van der Waals surface area contributed by atoms with Crippen LogP contribution in [0.15, 0.2) is 41.6 Å². The van der Waals surface area contributed by atoms with Crippen molar-refractivity contribution in [1.82, 2.24) is 19.7 Å². The second kappa shape index (κ2) is 4.05. The molecule has 1 aromatic carbocycles. The number of fused-ring (bicyclic) bond motifs is 1. The molecule has 0 bridgehead atoms. The lowest BCUT2D eigenvalue weighted by atomic mass is 10.2. The van der Waals surface area contributed by atoms with Crippen molar-refractivity contribution in [3.63, 3.8) is 0 Å². The summed E-state index contributed by atoms with van der Waals surface area (Å²) < 4.78 is 0.986. The molecule has 7 nitrogen and oxygen atoms in total. The predicted octanol–water partition coefficient (Wildman–Crippen LogP) is 0.514. The molecule has 2 N–H and O–H groups in total. The Balaban J connectivity index is 2.21. The molecule has 3 aromatic rings. The second-order valence-electron chi connectivity index (χ2n) is 3.85. The lowest BCUT2D eigenvalue weighted by molar-refractivity contribution is 0.0947. The van der Waals surface area contributed by atoms with E-state index in [-0.39, 0.29) is 27.9 Å². The highest BCUT2D eigenvalue weighted by Crippen LogP contribution is 2.18. The van der Waals surface area contributed by atoms with Crippen LogP contribution in [0.2, 0.25) is 0 Å². The van der Waals surface area contributed by atoms with Gasteiger partial charge in [-0.05, 0) is 12.1 Å². The van der Waals surface area contributed by atoms with Gasteiger partial charge in [0.15, 0.2) is 5.65 Å².